The van der Waals surface area contributed by atoms with Gasteiger partial charge < -0.3 is 10.2 Å². The van der Waals surface area contributed by atoms with Gasteiger partial charge in [-0.3, -0.25) is 0 Å². The van der Waals surface area contributed by atoms with Gasteiger partial charge in [0, 0.05) is 30.8 Å². The van der Waals surface area contributed by atoms with Crippen LogP contribution in [0, 0.1) is 6.92 Å². The first kappa shape index (κ1) is 13.8. The highest BCUT2D eigenvalue weighted by Gasteiger charge is 2.19. The van der Waals surface area contributed by atoms with E-state index in [2.05, 4.69) is 16.3 Å². The normalized spacial score (nSPS) is 21.8. The Kier molecular flexibility index (Phi) is 4.51. The SMILES string of the molecule is Cc1nc(C2CCNCC2)cc(N2CCCCCC2)n1. The summed E-state index contributed by atoms with van der Waals surface area (Å²) in [6.45, 7) is 6.58. The van der Waals surface area contributed by atoms with Crippen LogP contribution in [0.15, 0.2) is 6.07 Å². The van der Waals surface area contributed by atoms with Gasteiger partial charge in [0.15, 0.2) is 0 Å². The lowest BCUT2D eigenvalue weighted by Gasteiger charge is -2.25. The van der Waals surface area contributed by atoms with Crippen LogP contribution in [0.1, 0.15) is 56.0 Å². The number of aryl methyl sites for hydroxylation is 1. The van der Waals surface area contributed by atoms with Gasteiger partial charge in [-0.1, -0.05) is 12.8 Å². The van der Waals surface area contributed by atoms with Crippen molar-refractivity contribution in [1.29, 1.82) is 0 Å². The number of nitrogens with one attached hydrogen (secondary N) is 1. The molecule has 4 nitrogen and oxygen atoms in total. The maximum absolute atomic E-state index is 4.71. The minimum Gasteiger partial charge on any atom is -0.357 e. The number of nitrogens with zero attached hydrogens (tertiary/aromatic N) is 3. The zero-order valence-corrected chi connectivity index (χ0v) is 12.6. The molecule has 0 bridgehead atoms. The molecule has 0 unspecified atom stereocenters. The summed E-state index contributed by atoms with van der Waals surface area (Å²) in [6, 6.07) is 2.26. The number of hydrogen-bond acceptors (Lipinski definition) is 4. The second kappa shape index (κ2) is 6.53. The molecule has 0 amide bonds. The van der Waals surface area contributed by atoms with E-state index in [0.717, 1.165) is 37.8 Å². The van der Waals surface area contributed by atoms with E-state index < -0.39 is 0 Å². The van der Waals surface area contributed by atoms with Gasteiger partial charge >= 0.3 is 0 Å². The van der Waals surface area contributed by atoms with Crippen molar-refractivity contribution in [2.75, 3.05) is 31.1 Å². The summed E-state index contributed by atoms with van der Waals surface area (Å²) in [4.78, 5) is 11.9. The molecule has 0 aliphatic carbocycles. The van der Waals surface area contributed by atoms with Crippen LogP contribution in [-0.2, 0) is 0 Å². The molecule has 0 saturated carbocycles. The van der Waals surface area contributed by atoms with E-state index in [1.807, 2.05) is 6.92 Å². The average Bonchev–Trinajstić information content (AvgIpc) is 2.77. The van der Waals surface area contributed by atoms with Gasteiger partial charge in [-0.25, -0.2) is 9.97 Å². The molecule has 3 rings (SSSR count). The Morgan fingerprint density at radius 2 is 1.75 bits per heavy atom. The molecule has 0 radical (unpaired) electrons. The smallest absolute Gasteiger partial charge is 0.132 e. The van der Waals surface area contributed by atoms with Crippen molar-refractivity contribution in [3.63, 3.8) is 0 Å². The Balaban J connectivity index is 1.81. The monoisotopic (exact) mass is 274 g/mol. The van der Waals surface area contributed by atoms with E-state index in [9.17, 15) is 0 Å². The Hall–Kier alpha value is -1.16. The number of rotatable bonds is 2. The van der Waals surface area contributed by atoms with Gasteiger partial charge in [0.05, 0.1) is 0 Å². The Morgan fingerprint density at radius 3 is 2.45 bits per heavy atom. The van der Waals surface area contributed by atoms with Gasteiger partial charge in [-0.2, -0.15) is 0 Å². The fraction of sp³-hybridized carbons (Fsp3) is 0.750. The molecule has 110 valence electrons. The van der Waals surface area contributed by atoms with E-state index in [4.69, 9.17) is 9.97 Å². The lowest BCUT2D eigenvalue weighted by Crippen LogP contribution is -2.28. The van der Waals surface area contributed by atoms with Crippen LogP contribution >= 0.6 is 0 Å². The third kappa shape index (κ3) is 3.29. The van der Waals surface area contributed by atoms with Crippen molar-refractivity contribution < 1.29 is 0 Å². The first-order valence-electron chi connectivity index (χ1n) is 8.14. The van der Waals surface area contributed by atoms with Gasteiger partial charge in [-0.05, 0) is 45.7 Å². The molecule has 1 aromatic heterocycles. The number of anilines is 1. The summed E-state index contributed by atoms with van der Waals surface area (Å²) in [5.41, 5.74) is 1.26. The van der Waals surface area contributed by atoms with Crippen LogP contribution in [-0.4, -0.2) is 36.1 Å². The quantitative estimate of drug-likeness (QED) is 0.900. The molecule has 0 spiro atoms. The second-order valence-corrected chi connectivity index (χ2v) is 6.12. The fourth-order valence-electron chi connectivity index (χ4n) is 3.36. The molecular weight excluding hydrogens is 248 g/mol. The molecule has 2 saturated heterocycles. The highest BCUT2D eigenvalue weighted by molar-refractivity contribution is 5.41. The molecule has 1 aromatic rings. The van der Waals surface area contributed by atoms with Crippen molar-refractivity contribution in [3.05, 3.63) is 17.6 Å². The van der Waals surface area contributed by atoms with Crippen LogP contribution in [0.25, 0.3) is 0 Å². The van der Waals surface area contributed by atoms with Crippen molar-refractivity contribution in [1.82, 2.24) is 15.3 Å². The summed E-state index contributed by atoms with van der Waals surface area (Å²) >= 11 is 0. The minimum absolute atomic E-state index is 0.615. The highest BCUT2D eigenvalue weighted by atomic mass is 15.2. The molecule has 2 aliphatic heterocycles. The predicted octanol–water partition coefficient (Wildman–Crippen LogP) is 2.63. The van der Waals surface area contributed by atoms with Crippen molar-refractivity contribution in [2.45, 2.75) is 51.4 Å². The average molecular weight is 274 g/mol. The molecule has 2 fully saturated rings. The lowest BCUT2D eigenvalue weighted by molar-refractivity contribution is 0.452. The largest absolute Gasteiger partial charge is 0.357 e. The molecule has 2 aliphatic rings. The zero-order valence-electron chi connectivity index (χ0n) is 12.6. The maximum atomic E-state index is 4.71. The van der Waals surface area contributed by atoms with E-state index >= 15 is 0 Å². The van der Waals surface area contributed by atoms with Gasteiger partial charge in [0.25, 0.3) is 0 Å². The predicted molar refractivity (Wildman–Crippen MR) is 82.3 cm³/mol. The maximum Gasteiger partial charge on any atom is 0.132 e. The van der Waals surface area contributed by atoms with Crippen LogP contribution < -0.4 is 10.2 Å². The standard InChI is InChI=1S/C16H26N4/c1-13-18-15(14-6-8-17-9-7-14)12-16(19-13)20-10-4-2-3-5-11-20/h12,14,17H,2-11H2,1H3. The van der Waals surface area contributed by atoms with E-state index in [0.29, 0.717) is 5.92 Å². The molecule has 3 heterocycles. The fourth-order valence-corrected chi connectivity index (χ4v) is 3.36. The number of aromatic nitrogens is 2. The number of hydrogen-bond donors (Lipinski definition) is 1. The molecule has 4 heteroatoms. The van der Waals surface area contributed by atoms with Crippen molar-refractivity contribution in [2.24, 2.45) is 0 Å². The van der Waals surface area contributed by atoms with Crippen LogP contribution in [0.2, 0.25) is 0 Å². The van der Waals surface area contributed by atoms with E-state index in [1.54, 1.807) is 0 Å². The summed E-state index contributed by atoms with van der Waals surface area (Å²) in [7, 11) is 0. The molecule has 20 heavy (non-hydrogen) atoms. The topological polar surface area (TPSA) is 41.1 Å². The Bertz CT molecular complexity index is 432. The highest BCUT2D eigenvalue weighted by Crippen LogP contribution is 2.27. The summed E-state index contributed by atoms with van der Waals surface area (Å²) in [6.07, 6.45) is 7.73. The van der Waals surface area contributed by atoms with E-state index in [-0.39, 0.29) is 0 Å². The Morgan fingerprint density at radius 1 is 1.05 bits per heavy atom. The van der Waals surface area contributed by atoms with Gasteiger partial charge in [0.2, 0.25) is 0 Å². The lowest BCUT2D eigenvalue weighted by atomic mass is 9.94. The van der Waals surface area contributed by atoms with Crippen LogP contribution in [0.5, 0.6) is 0 Å². The first-order valence-corrected chi connectivity index (χ1v) is 8.14. The second-order valence-electron chi connectivity index (χ2n) is 6.12. The molecular formula is C16H26N4. The van der Waals surface area contributed by atoms with Crippen LogP contribution in [0.4, 0.5) is 5.82 Å². The summed E-state index contributed by atoms with van der Waals surface area (Å²) < 4.78 is 0. The van der Waals surface area contributed by atoms with Crippen molar-refractivity contribution in [3.8, 4) is 0 Å². The first-order chi connectivity index (χ1) is 9.83. The van der Waals surface area contributed by atoms with Crippen LogP contribution in [0.3, 0.4) is 0 Å². The number of piperidine rings is 1. The third-order valence-electron chi connectivity index (χ3n) is 4.53. The third-order valence-corrected chi connectivity index (χ3v) is 4.53. The summed E-state index contributed by atoms with van der Waals surface area (Å²) in [5.74, 6) is 2.71. The molecule has 0 atom stereocenters. The van der Waals surface area contributed by atoms with Gasteiger partial charge in [-0.15, -0.1) is 0 Å². The van der Waals surface area contributed by atoms with E-state index in [1.165, 1.54) is 44.2 Å². The molecule has 0 aromatic carbocycles. The Labute approximate surface area is 122 Å². The summed E-state index contributed by atoms with van der Waals surface area (Å²) in [5, 5.41) is 3.43. The molecule has 1 N–H and O–H groups in total. The van der Waals surface area contributed by atoms with Crippen molar-refractivity contribution >= 4 is 5.82 Å². The zero-order chi connectivity index (χ0) is 13.8. The van der Waals surface area contributed by atoms with Gasteiger partial charge in [0.1, 0.15) is 11.6 Å². The minimum atomic E-state index is 0.615.